The standard InChI is InChI=1S/C27H40FN3O/c1-27-13-12-20-19-8-6-17(15-28)14-18(19)7-9-21(20)22(27)10-11-23(27)26(32)16-31(30)25-5-3-2-4-24(25)29/h2-5,17-23H,6-16,29-30H2,1H3. The third-order valence-corrected chi connectivity index (χ3v) is 10.2. The maximum Gasteiger partial charge on any atom is 0.157 e. The number of ketones is 1. The molecule has 0 saturated heterocycles. The van der Waals surface area contributed by atoms with Crippen molar-refractivity contribution in [1.29, 1.82) is 0 Å². The molecule has 8 unspecified atom stereocenters. The number of nitrogen functional groups attached to an aromatic ring is 1. The summed E-state index contributed by atoms with van der Waals surface area (Å²) in [5, 5.41) is 1.54. The summed E-state index contributed by atoms with van der Waals surface area (Å²) < 4.78 is 13.3. The molecule has 5 heteroatoms. The van der Waals surface area contributed by atoms with Gasteiger partial charge in [0, 0.05) is 5.92 Å². The van der Waals surface area contributed by atoms with Crippen molar-refractivity contribution in [2.75, 3.05) is 24.0 Å². The molecule has 32 heavy (non-hydrogen) atoms. The van der Waals surface area contributed by atoms with Crippen LogP contribution >= 0.6 is 0 Å². The average molecular weight is 442 g/mol. The molecule has 0 aliphatic heterocycles. The van der Waals surface area contributed by atoms with Crippen LogP contribution in [0, 0.1) is 46.8 Å². The van der Waals surface area contributed by atoms with Crippen molar-refractivity contribution in [2.24, 2.45) is 52.7 Å². The molecule has 0 amide bonds. The summed E-state index contributed by atoms with van der Waals surface area (Å²) in [5.74, 6) is 10.7. The van der Waals surface area contributed by atoms with Gasteiger partial charge in [-0.05, 0) is 111 Å². The zero-order valence-corrected chi connectivity index (χ0v) is 19.5. The number of para-hydroxylation sites is 2. The minimum Gasteiger partial charge on any atom is -0.397 e. The Hall–Kier alpha value is -1.62. The van der Waals surface area contributed by atoms with Crippen molar-refractivity contribution in [3.05, 3.63) is 24.3 Å². The zero-order chi connectivity index (χ0) is 22.5. The number of Topliss-reactive ketones (excluding diaryl/α,β-unsaturated/α-hetero) is 1. The lowest BCUT2D eigenvalue weighted by Gasteiger charge is -2.56. The van der Waals surface area contributed by atoms with Crippen LogP contribution in [-0.2, 0) is 4.79 Å². The van der Waals surface area contributed by atoms with Gasteiger partial charge in [-0.3, -0.25) is 9.18 Å². The molecule has 4 aliphatic rings. The van der Waals surface area contributed by atoms with E-state index in [-0.39, 0.29) is 30.3 Å². The van der Waals surface area contributed by atoms with Gasteiger partial charge in [-0.15, -0.1) is 0 Å². The lowest BCUT2D eigenvalue weighted by molar-refractivity contribution is -0.129. The zero-order valence-electron chi connectivity index (χ0n) is 19.5. The molecule has 0 bridgehead atoms. The number of carbonyl (C=O) groups excluding carboxylic acids is 1. The van der Waals surface area contributed by atoms with Gasteiger partial charge >= 0.3 is 0 Å². The van der Waals surface area contributed by atoms with E-state index in [1.807, 2.05) is 24.3 Å². The first-order valence-electron chi connectivity index (χ1n) is 12.9. The lowest BCUT2D eigenvalue weighted by atomic mass is 9.49. The third kappa shape index (κ3) is 3.65. The van der Waals surface area contributed by atoms with Gasteiger partial charge < -0.3 is 10.7 Å². The first-order valence-corrected chi connectivity index (χ1v) is 12.9. The largest absolute Gasteiger partial charge is 0.397 e. The minimum absolute atomic E-state index is 0.101. The van der Waals surface area contributed by atoms with Crippen molar-refractivity contribution in [2.45, 2.75) is 64.7 Å². The van der Waals surface area contributed by atoms with Crippen molar-refractivity contribution >= 4 is 17.2 Å². The first-order chi connectivity index (χ1) is 15.4. The van der Waals surface area contributed by atoms with Gasteiger partial charge in [0.25, 0.3) is 0 Å². The quantitative estimate of drug-likeness (QED) is 0.366. The normalized spacial score (nSPS) is 40.8. The van der Waals surface area contributed by atoms with Crippen LogP contribution in [0.4, 0.5) is 15.8 Å². The summed E-state index contributed by atoms with van der Waals surface area (Å²) in [6, 6.07) is 7.49. The molecule has 8 atom stereocenters. The summed E-state index contributed by atoms with van der Waals surface area (Å²) >= 11 is 0. The Morgan fingerprint density at radius 3 is 2.62 bits per heavy atom. The Balaban J connectivity index is 1.28. The highest BCUT2D eigenvalue weighted by Crippen LogP contribution is 2.64. The van der Waals surface area contributed by atoms with Crippen LogP contribution in [0.25, 0.3) is 0 Å². The van der Waals surface area contributed by atoms with Gasteiger partial charge in [-0.2, -0.15) is 0 Å². The molecule has 1 aromatic rings. The maximum absolute atomic E-state index is 13.5. The summed E-state index contributed by atoms with van der Waals surface area (Å²) in [5.41, 5.74) is 7.51. The molecule has 0 heterocycles. The van der Waals surface area contributed by atoms with E-state index in [0.29, 0.717) is 17.5 Å². The second-order valence-electron chi connectivity index (χ2n) is 11.6. The van der Waals surface area contributed by atoms with Crippen LogP contribution in [0.3, 0.4) is 0 Å². The van der Waals surface area contributed by atoms with E-state index in [1.165, 1.54) is 37.1 Å². The maximum atomic E-state index is 13.5. The predicted molar refractivity (Wildman–Crippen MR) is 127 cm³/mol. The summed E-state index contributed by atoms with van der Waals surface area (Å²) in [6.45, 7) is 2.49. The smallest absolute Gasteiger partial charge is 0.157 e. The summed E-state index contributed by atoms with van der Waals surface area (Å²) in [4.78, 5) is 13.5. The topological polar surface area (TPSA) is 72.3 Å². The van der Waals surface area contributed by atoms with Crippen LogP contribution in [0.15, 0.2) is 24.3 Å². The fraction of sp³-hybridized carbons (Fsp3) is 0.741. The number of nitrogens with zero attached hydrogens (tertiary/aromatic N) is 1. The molecule has 4 aliphatic carbocycles. The molecule has 5 rings (SSSR count). The first kappa shape index (κ1) is 22.2. The van der Waals surface area contributed by atoms with E-state index in [0.717, 1.165) is 55.0 Å². The molecule has 4 N–H and O–H groups in total. The fourth-order valence-electron chi connectivity index (χ4n) is 8.73. The number of anilines is 2. The van der Waals surface area contributed by atoms with Crippen molar-refractivity contribution < 1.29 is 9.18 Å². The Bertz CT molecular complexity index is 846. The van der Waals surface area contributed by atoms with E-state index in [1.54, 1.807) is 0 Å². The Kier molecular flexibility index (Phi) is 5.98. The van der Waals surface area contributed by atoms with E-state index < -0.39 is 0 Å². The van der Waals surface area contributed by atoms with Gasteiger partial charge in [-0.25, -0.2) is 5.84 Å². The number of nitrogens with two attached hydrogens (primary N) is 2. The Morgan fingerprint density at radius 2 is 1.84 bits per heavy atom. The Labute approximate surface area is 192 Å². The van der Waals surface area contributed by atoms with Crippen LogP contribution in [-0.4, -0.2) is 19.0 Å². The number of alkyl halides is 1. The number of hydrogen-bond acceptors (Lipinski definition) is 4. The molecule has 1 aromatic carbocycles. The van der Waals surface area contributed by atoms with Crippen molar-refractivity contribution in [3.63, 3.8) is 0 Å². The monoisotopic (exact) mass is 441 g/mol. The Morgan fingerprint density at radius 1 is 1.06 bits per heavy atom. The number of rotatable bonds is 5. The van der Waals surface area contributed by atoms with Gasteiger partial charge in [0.2, 0.25) is 0 Å². The molecular weight excluding hydrogens is 401 g/mol. The summed E-state index contributed by atoms with van der Waals surface area (Å²) in [7, 11) is 0. The van der Waals surface area contributed by atoms with Crippen LogP contribution in [0.2, 0.25) is 0 Å². The van der Waals surface area contributed by atoms with Gasteiger partial charge in [0.1, 0.15) is 0 Å². The number of benzene rings is 1. The highest BCUT2D eigenvalue weighted by molar-refractivity contribution is 5.87. The number of halogens is 1. The minimum atomic E-state index is -0.130. The summed E-state index contributed by atoms with van der Waals surface area (Å²) in [6.07, 6.45) is 10.6. The van der Waals surface area contributed by atoms with Gasteiger partial charge in [0.05, 0.1) is 24.6 Å². The average Bonchev–Trinajstić information content (AvgIpc) is 3.16. The van der Waals surface area contributed by atoms with E-state index >= 15 is 0 Å². The SMILES string of the molecule is CC12CCC3C4CCC(CF)CC4CCC3C1CCC2C(=O)CN(N)c1ccccc1N. The highest BCUT2D eigenvalue weighted by atomic mass is 19.1. The third-order valence-electron chi connectivity index (χ3n) is 10.2. The number of fused-ring (bicyclic) bond motifs is 5. The number of carbonyl (C=O) groups is 1. The molecule has 176 valence electrons. The van der Waals surface area contributed by atoms with Gasteiger partial charge in [0.15, 0.2) is 5.78 Å². The van der Waals surface area contributed by atoms with Gasteiger partial charge in [-0.1, -0.05) is 19.1 Å². The highest BCUT2D eigenvalue weighted by Gasteiger charge is 2.58. The molecule has 0 spiro atoms. The van der Waals surface area contributed by atoms with E-state index in [2.05, 4.69) is 6.92 Å². The second kappa shape index (κ2) is 8.62. The van der Waals surface area contributed by atoms with Crippen molar-refractivity contribution in [1.82, 2.24) is 0 Å². The molecule has 4 nitrogen and oxygen atoms in total. The number of hydrazine groups is 1. The molecular formula is C27H40FN3O. The molecule has 0 aromatic heterocycles. The predicted octanol–water partition coefficient (Wildman–Crippen LogP) is 5.37. The molecule has 4 fully saturated rings. The van der Waals surface area contributed by atoms with Crippen LogP contribution in [0.5, 0.6) is 0 Å². The number of hydrogen-bond donors (Lipinski definition) is 2. The van der Waals surface area contributed by atoms with Crippen LogP contribution in [0.1, 0.15) is 64.7 Å². The second-order valence-corrected chi connectivity index (χ2v) is 11.6. The van der Waals surface area contributed by atoms with E-state index in [9.17, 15) is 9.18 Å². The van der Waals surface area contributed by atoms with Crippen LogP contribution < -0.4 is 16.6 Å². The van der Waals surface area contributed by atoms with Crippen molar-refractivity contribution in [3.8, 4) is 0 Å². The van der Waals surface area contributed by atoms with E-state index in [4.69, 9.17) is 11.6 Å². The lowest BCUT2D eigenvalue weighted by Crippen LogP contribution is -2.50. The fourth-order valence-corrected chi connectivity index (χ4v) is 8.73. The molecule has 0 radical (unpaired) electrons. The molecule has 4 saturated carbocycles.